The number of aromatic nitrogens is 5. The molecule has 2 aromatic carbocycles. The highest BCUT2D eigenvalue weighted by Crippen LogP contribution is 2.24. The molecular formula is C33H39N9O4. The summed E-state index contributed by atoms with van der Waals surface area (Å²) in [6.07, 6.45) is 3.06. The third-order valence-electron chi connectivity index (χ3n) is 8.68. The number of rotatable bonds is 5. The van der Waals surface area contributed by atoms with Crippen molar-refractivity contribution in [3.63, 3.8) is 0 Å². The molecule has 0 fully saturated rings. The van der Waals surface area contributed by atoms with Crippen LogP contribution < -0.4 is 10.6 Å². The molecule has 1 aliphatic carbocycles. The van der Waals surface area contributed by atoms with Crippen molar-refractivity contribution in [2.24, 2.45) is 7.05 Å². The second-order valence-electron chi connectivity index (χ2n) is 11.9. The van der Waals surface area contributed by atoms with Gasteiger partial charge in [0.05, 0.1) is 6.54 Å². The molecular weight excluding hydrogens is 586 g/mol. The highest BCUT2D eigenvalue weighted by atomic mass is 16.2. The average molecular weight is 626 g/mol. The van der Waals surface area contributed by atoms with Gasteiger partial charge in [-0.15, -0.1) is 0 Å². The molecule has 0 radical (unpaired) electrons. The van der Waals surface area contributed by atoms with Gasteiger partial charge in [0.25, 0.3) is 5.91 Å². The first-order chi connectivity index (χ1) is 22.3. The minimum atomic E-state index is -0.317. The van der Waals surface area contributed by atoms with Gasteiger partial charge < -0.3 is 20.4 Å². The van der Waals surface area contributed by atoms with Crippen molar-refractivity contribution in [3.05, 3.63) is 77.1 Å². The van der Waals surface area contributed by atoms with Crippen LogP contribution in [0.4, 0.5) is 0 Å². The summed E-state index contributed by atoms with van der Waals surface area (Å²) in [6, 6.07) is 17.1. The quantitative estimate of drug-likeness (QED) is 0.340. The molecule has 0 saturated heterocycles. The largest absolute Gasteiger partial charge is 0.351 e. The Labute approximate surface area is 266 Å². The van der Waals surface area contributed by atoms with E-state index in [0.29, 0.717) is 55.5 Å². The molecule has 2 aliphatic rings. The minimum Gasteiger partial charge on any atom is -0.351 e. The summed E-state index contributed by atoms with van der Waals surface area (Å²) in [5.74, 6) is -0.914. The van der Waals surface area contributed by atoms with Crippen molar-refractivity contribution in [1.29, 1.82) is 0 Å². The highest BCUT2D eigenvalue weighted by molar-refractivity contribution is 5.94. The lowest BCUT2D eigenvalue weighted by Crippen LogP contribution is -2.46. The fraction of sp³-hybridized carbons (Fsp3) is 0.424. The molecule has 2 N–H and O–H groups in total. The summed E-state index contributed by atoms with van der Waals surface area (Å²) in [5.41, 5.74) is 4.60. The number of hydrogen-bond acceptors (Lipinski definition) is 7. The summed E-state index contributed by atoms with van der Waals surface area (Å²) in [5, 5.41) is 19.4. The zero-order valence-corrected chi connectivity index (χ0v) is 26.0. The maximum Gasteiger partial charge on any atom is 0.272 e. The molecule has 13 heteroatoms. The van der Waals surface area contributed by atoms with Crippen LogP contribution in [0.2, 0.25) is 0 Å². The Morgan fingerprint density at radius 2 is 1.67 bits per heavy atom. The van der Waals surface area contributed by atoms with Crippen LogP contribution in [0, 0.1) is 0 Å². The predicted molar refractivity (Wildman–Crippen MR) is 170 cm³/mol. The van der Waals surface area contributed by atoms with Crippen LogP contribution in [-0.4, -0.2) is 97.0 Å². The Morgan fingerprint density at radius 3 is 2.43 bits per heavy atom. The highest BCUT2D eigenvalue weighted by Gasteiger charge is 2.30. The average Bonchev–Trinajstić information content (AvgIpc) is 3.61. The number of aryl methyl sites for hydroxylation is 1. The van der Waals surface area contributed by atoms with E-state index in [2.05, 4.69) is 25.9 Å². The van der Waals surface area contributed by atoms with E-state index in [1.54, 1.807) is 14.5 Å². The Kier molecular flexibility index (Phi) is 9.36. The molecule has 0 spiro atoms. The van der Waals surface area contributed by atoms with Crippen molar-refractivity contribution in [2.45, 2.75) is 51.1 Å². The van der Waals surface area contributed by atoms with Gasteiger partial charge in [0.2, 0.25) is 17.7 Å². The number of hydrogen-bond donors (Lipinski definition) is 2. The van der Waals surface area contributed by atoms with E-state index in [1.807, 2.05) is 61.6 Å². The summed E-state index contributed by atoms with van der Waals surface area (Å²) in [6.45, 7) is 1.01. The Bertz CT molecular complexity index is 1700. The molecule has 3 heterocycles. The van der Waals surface area contributed by atoms with Gasteiger partial charge in [-0.3, -0.25) is 23.9 Å². The van der Waals surface area contributed by atoms with Gasteiger partial charge in [-0.05, 0) is 49.8 Å². The minimum absolute atomic E-state index is 0.0589. The second kappa shape index (κ2) is 13.9. The topological polar surface area (TPSA) is 147 Å². The first-order valence-electron chi connectivity index (χ1n) is 15.9. The third-order valence-corrected chi connectivity index (χ3v) is 8.68. The van der Waals surface area contributed by atoms with Crippen LogP contribution in [0.15, 0.2) is 54.6 Å². The maximum atomic E-state index is 13.5. The molecule has 6 rings (SSSR count). The van der Waals surface area contributed by atoms with Crippen molar-refractivity contribution in [3.8, 4) is 0 Å². The van der Waals surface area contributed by atoms with Gasteiger partial charge in [0, 0.05) is 56.9 Å². The first-order valence-corrected chi connectivity index (χ1v) is 15.9. The van der Waals surface area contributed by atoms with Crippen LogP contribution in [0.1, 0.15) is 46.6 Å². The van der Waals surface area contributed by atoms with E-state index in [4.69, 9.17) is 0 Å². The van der Waals surface area contributed by atoms with Crippen LogP contribution in [-0.2, 0) is 47.2 Å². The number of benzene rings is 2. The molecule has 13 nitrogen and oxygen atoms in total. The number of nitrogens with zero attached hydrogens (tertiary/aromatic N) is 7. The fourth-order valence-electron chi connectivity index (χ4n) is 6.27. The first kappa shape index (κ1) is 30.9. The molecule has 2 aromatic heterocycles. The summed E-state index contributed by atoms with van der Waals surface area (Å²) < 4.78 is 1.74. The summed E-state index contributed by atoms with van der Waals surface area (Å²) >= 11 is 0. The van der Waals surface area contributed by atoms with Gasteiger partial charge >= 0.3 is 0 Å². The zero-order chi connectivity index (χ0) is 32.0. The fourth-order valence-corrected chi connectivity index (χ4v) is 6.27. The summed E-state index contributed by atoms with van der Waals surface area (Å²) in [7, 11) is 1.82. The van der Waals surface area contributed by atoms with E-state index < -0.39 is 0 Å². The molecule has 240 valence electrons. The standard InChI is InChI=1S/C33H39N9O4/c1-39-28-14-13-24-20-25(28)32(38-39)33(46)34-16-19-40(31(45)22-42-36-26-10-5-6-11-27(26)37-42)17-7-12-30(44)41(21-29(43)35-24)18-15-23-8-3-2-4-9-23/h2-6,8-11,24H,7,12-22H2,1H3,(H,34,46)(H,35,43). The monoisotopic (exact) mass is 625 g/mol. The predicted octanol–water partition coefficient (Wildman–Crippen LogP) is 1.26. The van der Waals surface area contributed by atoms with Gasteiger partial charge in [-0.2, -0.15) is 20.1 Å². The van der Waals surface area contributed by atoms with E-state index >= 15 is 0 Å². The number of nitrogens with one attached hydrogen (secondary N) is 2. The molecule has 4 amide bonds. The smallest absolute Gasteiger partial charge is 0.272 e. The number of amides is 4. The van der Waals surface area contributed by atoms with E-state index in [9.17, 15) is 19.2 Å². The lowest BCUT2D eigenvalue weighted by molar-refractivity contribution is -0.137. The lowest BCUT2D eigenvalue weighted by atomic mass is 9.91. The molecule has 2 bridgehead atoms. The molecule has 46 heavy (non-hydrogen) atoms. The Morgan fingerprint density at radius 1 is 0.935 bits per heavy atom. The maximum absolute atomic E-state index is 13.5. The number of carbonyl (C=O) groups excluding carboxylic acids is 4. The van der Waals surface area contributed by atoms with E-state index in [1.165, 1.54) is 4.80 Å². The molecule has 0 saturated carbocycles. The second-order valence-corrected chi connectivity index (χ2v) is 11.9. The number of carbonyl (C=O) groups is 4. The van der Waals surface area contributed by atoms with Gasteiger partial charge in [-0.1, -0.05) is 42.5 Å². The van der Waals surface area contributed by atoms with E-state index in [-0.39, 0.29) is 62.3 Å². The van der Waals surface area contributed by atoms with Gasteiger partial charge in [-0.25, -0.2) is 0 Å². The molecule has 1 aliphatic heterocycles. The normalized spacial score (nSPS) is 18.3. The van der Waals surface area contributed by atoms with E-state index in [0.717, 1.165) is 23.2 Å². The molecule has 4 aromatic rings. The summed E-state index contributed by atoms with van der Waals surface area (Å²) in [4.78, 5) is 58.2. The Hall–Kier alpha value is -5.07. The van der Waals surface area contributed by atoms with Gasteiger partial charge in [0.1, 0.15) is 17.6 Å². The van der Waals surface area contributed by atoms with Crippen molar-refractivity contribution >= 4 is 34.7 Å². The van der Waals surface area contributed by atoms with Crippen LogP contribution in [0.3, 0.4) is 0 Å². The number of fused-ring (bicyclic) bond motifs is 2. The third kappa shape index (κ3) is 7.24. The van der Waals surface area contributed by atoms with Crippen LogP contribution in [0.25, 0.3) is 11.0 Å². The molecule has 1 unspecified atom stereocenters. The van der Waals surface area contributed by atoms with Crippen molar-refractivity contribution in [2.75, 3.05) is 32.7 Å². The van der Waals surface area contributed by atoms with Gasteiger partial charge in [0.15, 0.2) is 5.69 Å². The molecule has 1 atom stereocenters. The van der Waals surface area contributed by atoms with Crippen LogP contribution >= 0.6 is 0 Å². The lowest BCUT2D eigenvalue weighted by Gasteiger charge is -2.27. The van der Waals surface area contributed by atoms with Crippen molar-refractivity contribution < 1.29 is 19.2 Å². The Balaban J connectivity index is 1.21. The van der Waals surface area contributed by atoms with Crippen LogP contribution in [0.5, 0.6) is 0 Å². The zero-order valence-electron chi connectivity index (χ0n) is 26.0. The van der Waals surface area contributed by atoms with Crippen molar-refractivity contribution in [1.82, 2.24) is 45.2 Å². The SMILES string of the molecule is Cn1nc2c3c1CCC(C3)NC(=O)CN(CCc1ccccc1)C(=O)CCCN(C(=O)Cn1nc3ccccc3n1)CCNC2=O.